The molecule has 0 spiro atoms. The number of fused-ring (bicyclic) bond motifs is 2. The predicted octanol–water partition coefficient (Wildman–Crippen LogP) is 2.68. The van der Waals surface area contributed by atoms with E-state index in [1.807, 2.05) is 0 Å². The van der Waals surface area contributed by atoms with E-state index < -0.39 is 17.6 Å². The minimum absolute atomic E-state index is 0.0747. The third-order valence-electron chi connectivity index (χ3n) is 3.73. The van der Waals surface area contributed by atoms with Gasteiger partial charge in [-0.3, -0.25) is 9.20 Å². The van der Waals surface area contributed by atoms with E-state index >= 15 is 0 Å². The lowest BCUT2D eigenvalue weighted by molar-refractivity contribution is -0.136. The van der Waals surface area contributed by atoms with E-state index in [1.54, 1.807) is 18.2 Å². The van der Waals surface area contributed by atoms with Gasteiger partial charge in [0.2, 0.25) is 0 Å². The maximum absolute atomic E-state index is 13.0. The molecule has 4 rings (SSSR count). The molecule has 0 bridgehead atoms. The number of benzene rings is 1. The summed E-state index contributed by atoms with van der Waals surface area (Å²) in [4.78, 5) is 12.3. The minimum atomic E-state index is -4.53. The number of aromatic nitrogens is 5. The van der Waals surface area contributed by atoms with Gasteiger partial charge in [0.15, 0.2) is 11.5 Å². The van der Waals surface area contributed by atoms with Crippen molar-refractivity contribution in [2.45, 2.75) is 12.7 Å². The number of nitrogens with one attached hydrogen (secondary N) is 1. The number of hydrogen-bond acceptors (Lipinski definition) is 6. The normalized spacial score (nSPS) is 12.0. The van der Waals surface area contributed by atoms with E-state index in [4.69, 9.17) is 0 Å². The molecule has 1 amide bonds. The maximum atomic E-state index is 13.0. The van der Waals surface area contributed by atoms with Gasteiger partial charge >= 0.3 is 6.18 Å². The Balaban J connectivity index is 1.57. The van der Waals surface area contributed by atoms with E-state index in [0.29, 0.717) is 16.6 Å². The molecule has 0 radical (unpaired) electrons. The quantitative estimate of drug-likeness (QED) is 0.593. The molecule has 0 unspecified atom stereocenters. The van der Waals surface area contributed by atoms with Crippen LogP contribution in [0.25, 0.3) is 16.7 Å². The van der Waals surface area contributed by atoms with Crippen molar-refractivity contribution in [1.29, 1.82) is 0 Å². The molecular weight excluding hydrogens is 369 g/mol. The lowest BCUT2D eigenvalue weighted by Gasteiger charge is -2.08. The Kier molecular flexibility index (Phi) is 3.80. The number of pyridine rings is 1. The fourth-order valence-corrected chi connectivity index (χ4v) is 3.01. The van der Waals surface area contributed by atoms with Crippen LogP contribution in [-0.4, -0.2) is 29.3 Å². The molecular formula is C15H9F3N6OS. The molecule has 0 aliphatic rings. The van der Waals surface area contributed by atoms with E-state index in [1.165, 1.54) is 16.7 Å². The Morgan fingerprint density at radius 1 is 1.15 bits per heavy atom. The van der Waals surface area contributed by atoms with Gasteiger partial charge < -0.3 is 5.32 Å². The first-order chi connectivity index (χ1) is 12.4. The summed E-state index contributed by atoms with van der Waals surface area (Å²) in [6.45, 7) is -0.0747. The summed E-state index contributed by atoms with van der Waals surface area (Å²) in [6.07, 6.45) is -3.12. The summed E-state index contributed by atoms with van der Waals surface area (Å²) in [5, 5.41) is 9.97. The van der Waals surface area contributed by atoms with Gasteiger partial charge in [-0.15, -0.1) is 10.2 Å². The van der Waals surface area contributed by atoms with Gasteiger partial charge in [0.1, 0.15) is 16.6 Å². The van der Waals surface area contributed by atoms with E-state index in [-0.39, 0.29) is 18.0 Å². The van der Waals surface area contributed by atoms with Gasteiger partial charge in [0.25, 0.3) is 5.91 Å². The SMILES string of the molecule is O=C(NCc1nnc2c(C(F)(F)F)cccn12)c1ccc2nsnc2c1. The molecule has 26 heavy (non-hydrogen) atoms. The number of halogens is 3. The number of amides is 1. The van der Waals surface area contributed by atoms with E-state index in [9.17, 15) is 18.0 Å². The van der Waals surface area contributed by atoms with Crippen molar-refractivity contribution in [1.82, 2.24) is 28.7 Å². The Hall–Kier alpha value is -3.08. The molecule has 3 aromatic heterocycles. The van der Waals surface area contributed by atoms with Gasteiger partial charge in [-0.2, -0.15) is 21.9 Å². The molecule has 0 atom stereocenters. The lowest BCUT2D eigenvalue weighted by atomic mass is 10.2. The molecule has 132 valence electrons. The number of hydrogen-bond donors (Lipinski definition) is 1. The molecule has 0 saturated heterocycles. The first kappa shape index (κ1) is 16.4. The zero-order valence-corrected chi connectivity index (χ0v) is 13.7. The van der Waals surface area contributed by atoms with Crippen LogP contribution in [-0.2, 0) is 12.7 Å². The first-order valence-electron chi connectivity index (χ1n) is 7.34. The van der Waals surface area contributed by atoms with Crippen molar-refractivity contribution in [3.8, 4) is 0 Å². The molecule has 0 fully saturated rings. The van der Waals surface area contributed by atoms with Crippen LogP contribution in [0, 0.1) is 0 Å². The Morgan fingerprint density at radius 3 is 2.77 bits per heavy atom. The number of alkyl halides is 3. The van der Waals surface area contributed by atoms with Crippen molar-refractivity contribution in [3.05, 3.63) is 53.5 Å². The summed E-state index contributed by atoms with van der Waals surface area (Å²) in [5.74, 6) is -0.209. The smallest absolute Gasteiger partial charge is 0.345 e. The van der Waals surface area contributed by atoms with Crippen molar-refractivity contribution in [3.63, 3.8) is 0 Å². The average molecular weight is 378 g/mol. The highest BCUT2D eigenvalue weighted by molar-refractivity contribution is 7.00. The second kappa shape index (κ2) is 6.02. The molecule has 0 saturated carbocycles. The number of rotatable bonds is 3. The summed E-state index contributed by atoms with van der Waals surface area (Å²) >= 11 is 1.04. The molecule has 1 aromatic carbocycles. The Morgan fingerprint density at radius 2 is 1.96 bits per heavy atom. The lowest BCUT2D eigenvalue weighted by Crippen LogP contribution is -2.24. The van der Waals surface area contributed by atoms with Crippen molar-refractivity contribution < 1.29 is 18.0 Å². The predicted molar refractivity (Wildman–Crippen MR) is 86.6 cm³/mol. The zero-order valence-electron chi connectivity index (χ0n) is 12.9. The molecule has 3 heterocycles. The van der Waals surface area contributed by atoms with Crippen LogP contribution in [0.15, 0.2) is 36.5 Å². The van der Waals surface area contributed by atoms with Crippen LogP contribution in [0.1, 0.15) is 21.7 Å². The van der Waals surface area contributed by atoms with E-state index in [0.717, 1.165) is 17.8 Å². The monoisotopic (exact) mass is 378 g/mol. The van der Waals surface area contributed by atoms with E-state index in [2.05, 4.69) is 24.3 Å². The van der Waals surface area contributed by atoms with Gasteiger partial charge in [0.05, 0.1) is 18.3 Å². The van der Waals surface area contributed by atoms with Crippen molar-refractivity contribution >= 4 is 34.3 Å². The largest absolute Gasteiger partial charge is 0.420 e. The van der Waals surface area contributed by atoms with Gasteiger partial charge in [-0.1, -0.05) is 0 Å². The van der Waals surface area contributed by atoms with Gasteiger partial charge in [-0.25, -0.2) is 0 Å². The standard InChI is InChI=1S/C15H9F3N6OS/c16-15(17,18)9-2-1-5-24-12(20-21-13(9)24)7-19-14(25)8-3-4-10-11(6-8)23-26-22-10/h1-6H,7H2,(H,19,25). The van der Waals surface area contributed by atoms with Crippen molar-refractivity contribution in [2.24, 2.45) is 0 Å². The number of nitrogens with zero attached hydrogens (tertiary/aromatic N) is 5. The number of carbonyl (C=O) groups excluding carboxylic acids is 1. The van der Waals surface area contributed by atoms with Crippen LogP contribution in [0.2, 0.25) is 0 Å². The fourth-order valence-electron chi connectivity index (χ4n) is 2.49. The van der Waals surface area contributed by atoms with Crippen molar-refractivity contribution in [2.75, 3.05) is 0 Å². The third kappa shape index (κ3) is 2.86. The molecule has 1 N–H and O–H groups in total. The van der Waals surface area contributed by atoms with Gasteiger partial charge in [-0.05, 0) is 30.3 Å². The van der Waals surface area contributed by atoms with Crippen LogP contribution >= 0.6 is 11.7 Å². The summed E-state index contributed by atoms with van der Waals surface area (Å²) in [6, 6.07) is 7.06. The molecule has 0 aliphatic carbocycles. The Labute approximate surface area is 147 Å². The second-order valence-electron chi connectivity index (χ2n) is 5.38. The first-order valence-corrected chi connectivity index (χ1v) is 8.07. The van der Waals surface area contributed by atoms with Crippen LogP contribution in [0.3, 0.4) is 0 Å². The molecule has 7 nitrogen and oxygen atoms in total. The highest BCUT2D eigenvalue weighted by Gasteiger charge is 2.34. The number of carbonyl (C=O) groups is 1. The highest BCUT2D eigenvalue weighted by Crippen LogP contribution is 2.31. The molecule has 11 heteroatoms. The molecule has 4 aromatic rings. The summed E-state index contributed by atoms with van der Waals surface area (Å²) in [5.41, 5.74) is 0.473. The Bertz CT molecular complexity index is 1120. The fraction of sp³-hybridized carbons (Fsp3) is 0.133. The van der Waals surface area contributed by atoms with Crippen LogP contribution < -0.4 is 5.32 Å². The average Bonchev–Trinajstić information content (AvgIpc) is 3.24. The summed E-state index contributed by atoms with van der Waals surface area (Å²) in [7, 11) is 0. The van der Waals surface area contributed by atoms with Crippen LogP contribution in [0.4, 0.5) is 13.2 Å². The topological polar surface area (TPSA) is 85.1 Å². The zero-order chi connectivity index (χ0) is 18.3. The third-order valence-corrected chi connectivity index (χ3v) is 4.29. The maximum Gasteiger partial charge on any atom is 0.420 e. The molecule has 0 aliphatic heterocycles. The van der Waals surface area contributed by atoms with Crippen LogP contribution in [0.5, 0.6) is 0 Å². The highest BCUT2D eigenvalue weighted by atomic mass is 32.1. The summed E-state index contributed by atoms with van der Waals surface area (Å²) < 4.78 is 48.3. The minimum Gasteiger partial charge on any atom is -0.345 e. The van der Waals surface area contributed by atoms with Gasteiger partial charge in [0, 0.05) is 11.8 Å². The second-order valence-corrected chi connectivity index (χ2v) is 5.91.